The van der Waals surface area contributed by atoms with E-state index in [4.69, 9.17) is 21.1 Å². The van der Waals surface area contributed by atoms with Crippen molar-refractivity contribution in [3.63, 3.8) is 0 Å². The normalized spacial score (nSPS) is 12.0. The van der Waals surface area contributed by atoms with Gasteiger partial charge < -0.3 is 19.5 Å². The molecule has 0 aliphatic carbocycles. The molecule has 1 amide bonds. The highest BCUT2D eigenvalue weighted by molar-refractivity contribution is 6.31. The Bertz CT molecular complexity index is 851. The number of amides is 1. The smallest absolute Gasteiger partial charge is 0.408 e. The summed E-state index contributed by atoms with van der Waals surface area (Å²) in [4.78, 5) is 27.9. The number of aromatic nitrogens is 1. The van der Waals surface area contributed by atoms with Crippen molar-refractivity contribution in [3.8, 4) is 5.75 Å². The van der Waals surface area contributed by atoms with Crippen molar-refractivity contribution < 1.29 is 23.8 Å². The summed E-state index contributed by atoms with van der Waals surface area (Å²) < 4.78 is 15.8. The third kappa shape index (κ3) is 7.62. The molecule has 0 saturated carbocycles. The molecule has 0 bridgehead atoms. The van der Waals surface area contributed by atoms with Crippen LogP contribution in [0.4, 0.5) is 4.79 Å². The molecule has 1 N–H and O–H groups in total. The van der Waals surface area contributed by atoms with Gasteiger partial charge in [0.1, 0.15) is 18.0 Å². The van der Waals surface area contributed by atoms with Gasteiger partial charge in [-0.2, -0.15) is 0 Å². The number of benzene rings is 1. The Morgan fingerprint density at radius 3 is 2.59 bits per heavy atom. The number of alkyl carbamates (subject to hydrolysis) is 1. The Morgan fingerprint density at radius 2 is 1.93 bits per heavy atom. The lowest BCUT2D eigenvalue weighted by Gasteiger charge is -2.24. The predicted molar refractivity (Wildman–Crippen MR) is 109 cm³/mol. The number of rotatable bonds is 7. The van der Waals surface area contributed by atoms with E-state index < -0.39 is 23.7 Å². The molecule has 1 aromatic carbocycles. The lowest BCUT2D eigenvalue weighted by molar-refractivity contribution is 0.0487. The van der Waals surface area contributed by atoms with Gasteiger partial charge in [0, 0.05) is 11.2 Å². The third-order valence-corrected chi connectivity index (χ3v) is 4.10. The van der Waals surface area contributed by atoms with Crippen LogP contribution < -0.4 is 10.1 Å². The van der Waals surface area contributed by atoms with Crippen molar-refractivity contribution in [2.24, 2.45) is 0 Å². The van der Waals surface area contributed by atoms with E-state index in [9.17, 15) is 9.59 Å². The van der Waals surface area contributed by atoms with Crippen LogP contribution in [0.5, 0.6) is 5.75 Å². The molecule has 0 radical (unpaired) electrons. The van der Waals surface area contributed by atoms with Crippen molar-refractivity contribution in [1.29, 1.82) is 0 Å². The summed E-state index contributed by atoms with van der Waals surface area (Å²) in [5, 5.41) is 3.41. The van der Waals surface area contributed by atoms with Crippen LogP contribution >= 0.6 is 11.6 Å². The number of carbonyl (C=O) groups excluding carboxylic acids is 2. The summed E-state index contributed by atoms with van der Waals surface area (Å²) in [6.07, 6.45) is 2.74. The van der Waals surface area contributed by atoms with Crippen LogP contribution in [0, 0.1) is 0 Å². The van der Waals surface area contributed by atoms with Crippen molar-refractivity contribution >= 4 is 23.7 Å². The number of esters is 1. The molecular weight excluding hydrogens is 396 g/mol. The zero-order valence-corrected chi connectivity index (χ0v) is 17.7. The number of nitrogens with one attached hydrogen (secondary N) is 1. The average molecular weight is 421 g/mol. The van der Waals surface area contributed by atoms with Crippen LogP contribution in [-0.2, 0) is 15.9 Å². The summed E-state index contributed by atoms with van der Waals surface area (Å²) in [6.45, 7) is 5.49. The van der Waals surface area contributed by atoms with E-state index >= 15 is 0 Å². The maximum Gasteiger partial charge on any atom is 0.408 e. The summed E-state index contributed by atoms with van der Waals surface area (Å²) in [5.74, 6) is -0.134. The van der Waals surface area contributed by atoms with Gasteiger partial charge in [-0.1, -0.05) is 29.8 Å². The minimum atomic E-state index is -0.626. The highest BCUT2D eigenvalue weighted by Gasteiger charge is 2.21. The van der Waals surface area contributed by atoms with Crippen molar-refractivity contribution in [2.75, 3.05) is 13.7 Å². The number of halogens is 1. The van der Waals surface area contributed by atoms with E-state index in [2.05, 4.69) is 15.0 Å². The first kappa shape index (κ1) is 22.5. The molecule has 2 aromatic rings. The number of hydrogen-bond donors (Lipinski definition) is 1. The van der Waals surface area contributed by atoms with E-state index in [0.29, 0.717) is 17.2 Å². The van der Waals surface area contributed by atoms with Gasteiger partial charge in [0.25, 0.3) is 0 Å². The van der Waals surface area contributed by atoms with Gasteiger partial charge in [0.05, 0.1) is 24.9 Å². The second-order valence-electron chi connectivity index (χ2n) is 7.35. The lowest BCUT2D eigenvalue weighted by Crippen LogP contribution is -2.43. The molecule has 0 fully saturated rings. The fraction of sp³-hybridized carbons (Fsp3) is 0.381. The maximum atomic E-state index is 12.2. The number of carbonyl (C=O) groups is 2. The quantitative estimate of drug-likeness (QED) is 0.680. The van der Waals surface area contributed by atoms with Crippen LogP contribution in [-0.4, -0.2) is 42.4 Å². The van der Waals surface area contributed by atoms with Gasteiger partial charge in [0.2, 0.25) is 0 Å². The second-order valence-corrected chi connectivity index (χ2v) is 7.76. The molecule has 0 aliphatic heterocycles. The number of pyridine rings is 1. The van der Waals surface area contributed by atoms with Gasteiger partial charge in [-0.25, -0.2) is 9.59 Å². The standard InChI is InChI=1S/C21H25ClN2O5/c1-21(2,3)29-20(26)24-16(9-14-7-5-6-8-18(14)22)13-28-17-10-15(11-23-12-17)19(25)27-4/h5-8,10-12,16H,9,13H2,1-4H3,(H,24,26)/t16-/m0/s1. The van der Waals surface area contributed by atoms with Gasteiger partial charge in [-0.05, 0) is 44.9 Å². The number of methoxy groups -OCH3 is 1. The molecule has 0 saturated heterocycles. The Kier molecular flexibility index (Phi) is 7.84. The SMILES string of the molecule is COC(=O)c1cncc(OC[C@H](Cc2ccccc2Cl)NC(=O)OC(C)(C)C)c1. The van der Waals surface area contributed by atoms with Gasteiger partial charge in [-0.15, -0.1) is 0 Å². The minimum Gasteiger partial charge on any atom is -0.490 e. The minimum absolute atomic E-state index is 0.122. The van der Waals surface area contributed by atoms with Crippen molar-refractivity contribution in [1.82, 2.24) is 10.3 Å². The largest absolute Gasteiger partial charge is 0.490 e. The first-order valence-corrected chi connectivity index (χ1v) is 9.45. The number of nitrogens with zero attached hydrogens (tertiary/aromatic N) is 1. The molecule has 1 atom stereocenters. The molecular formula is C21H25ClN2O5. The Labute approximate surface area is 175 Å². The third-order valence-electron chi connectivity index (χ3n) is 3.73. The lowest BCUT2D eigenvalue weighted by atomic mass is 10.1. The highest BCUT2D eigenvalue weighted by Crippen LogP contribution is 2.18. The van der Waals surface area contributed by atoms with E-state index in [1.807, 2.05) is 18.2 Å². The molecule has 156 valence electrons. The fourth-order valence-corrected chi connectivity index (χ4v) is 2.69. The second kappa shape index (κ2) is 10.1. The van der Waals surface area contributed by atoms with Gasteiger partial charge >= 0.3 is 12.1 Å². The molecule has 1 aromatic heterocycles. The Balaban J connectivity index is 2.11. The predicted octanol–water partition coefficient (Wildman–Crippen LogP) is 4.04. The van der Waals surface area contributed by atoms with Crippen LogP contribution in [0.2, 0.25) is 5.02 Å². The van der Waals surface area contributed by atoms with E-state index in [1.54, 1.807) is 26.8 Å². The summed E-state index contributed by atoms with van der Waals surface area (Å²) >= 11 is 6.25. The first-order valence-electron chi connectivity index (χ1n) is 9.07. The number of ether oxygens (including phenoxy) is 3. The summed E-state index contributed by atoms with van der Waals surface area (Å²) in [5.41, 5.74) is 0.506. The van der Waals surface area contributed by atoms with Crippen LogP contribution in [0.15, 0.2) is 42.7 Å². The van der Waals surface area contributed by atoms with Crippen LogP contribution in [0.3, 0.4) is 0 Å². The molecule has 7 nitrogen and oxygen atoms in total. The van der Waals surface area contributed by atoms with Crippen LogP contribution in [0.1, 0.15) is 36.7 Å². The van der Waals surface area contributed by atoms with E-state index in [1.165, 1.54) is 25.6 Å². The van der Waals surface area contributed by atoms with Crippen molar-refractivity contribution in [2.45, 2.75) is 38.8 Å². The zero-order valence-electron chi connectivity index (χ0n) is 16.9. The molecule has 0 unspecified atom stereocenters. The van der Waals surface area contributed by atoms with Crippen LogP contribution in [0.25, 0.3) is 0 Å². The average Bonchev–Trinajstić information content (AvgIpc) is 2.66. The first-order chi connectivity index (χ1) is 13.7. The Hall–Kier alpha value is -2.80. The van der Waals surface area contributed by atoms with E-state index in [-0.39, 0.29) is 12.2 Å². The number of hydrogen-bond acceptors (Lipinski definition) is 6. The van der Waals surface area contributed by atoms with Crippen molar-refractivity contribution in [3.05, 3.63) is 58.9 Å². The zero-order chi connectivity index (χ0) is 21.4. The molecule has 2 rings (SSSR count). The highest BCUT2D eigenvalue weighted by atomic mass is 35.5. The van der Waals surface area contributed by atoms with E-state index in [0.717, 1.165) is 5.56 Å². The summed E-state index contributed by atoms with van der Waals surface area (Å²) in [7, 11) is 1.29. The molecule has 1 heterocycles. The maximum absolute atomic E-state index is 12.2. The monoisotopic (exact) mass is 420 g/mol. The molecule has 29 heavy (non-hydrogen) atoms. The molecule has 0 aliphatic rings. The van der Waals surface area contributed by atoms with Gasteiger partial charge in [-0.3, -0.25) is 4.98 Å². The molecule has 0 spiro atoms. The fourth-order valence-electron chi connectivity index (χ4n) is 2.48. The Morgan fingerprint density at radius 1 is 1.21 bits per heavy atom. The summed E-state index contributed by atoms with van der Waals surface area (Å²) in [6, 6.07) is 8.47. The molecule has 8 heteroatoms. The van der Waals surface area contributed by atoms with Gasteiger partial charge in [0.15, 0.2) is 0 Å². The topological polar surface area (TPSA) is 86.8 Å².